The Kier molecular flexibility index (Phi) is 12.3. The van der Waals surface area contributed by atoms with E-state index in [4.69, 9.17) is 19.8 Å². The number of H-pyrrole nitrogens is 1. The highest BCUT2D eigenvalue weighted by Gasteiger charge is 2.39. The van der Waals surface area contributed by atoms with E-state index in [-0.39, 0.29) is 5.91 Å². The average Bonchev–Trinajstić information content (AvgIpc) is 3.44. The summed E-state index contributed by atoms with van der Waals surface area (Å²) in [7, 11) is 0. The maximum absolute atomic E-state index is 13.3. The average molecular weight is 605 g/mol. The van der Waals surface area contributed by atoms with Gasteiger partial charge in [0.1, 0.15) is 0 Å². The van der Waals surface area contributed by atoms with Gasteiger partial charge in [-0.1, -0.05) is 56.2 Å². The van der Waals surface area contributed by atoms with Crippen LogP contribution in [0.25, 0.3) is 10.8 Å². The Balaban J connectivity index is 0.000000367. The predicted octanol–water partition coefficient (Wildman–Crippen LogP) is 5.35. The summed E-state index contributed by atoms with van der Waals surface area (Å²) in [5.74, 6) is -5.36. The summed E-state index contributed by atoms with van der Waals surface area (Å²) in [5.41, 5.74) is 1.95. The van der Waals surface area contributed by atoms with E-state index in [0.29, 0.717) is 6.04 Å². The maximum atomic E-state index is 13.3. The van der Waals surface area contributed by atoms with Crippen molar-refractivity contribution in [3.8, 4) is 0 Å². The van der Waals surface area contributed by atoms with Crippen LogP contribution in [0.15, 0.2) is 55.0 Å². The van der Waals surface area contributed by atoms with Crippen molar-refractivity contribution in [1.29, 1.82) is 0 Å². The molecule has 1 amide bonds. The number of fused-ring (bicyclic) bond motifs is 1. The Morgan fingerprint density at radius 3 is 2.10 bits per heavy atom. The minimum absolute atomic E-state index is 0.152. The number of rotatable bonds is 6. The number of halogens is 6. The minimum Gasteiger partial charge on any atom is -0.475 e. The largest absolute Gasteiger partial charge is 0.490 e. The summed E-state index contributed by atoms with van der Waals surface area (Å²) in [4.78, 5) is 43.0. The Hall–Kier alpha value is -4.14. The number of carbonyl (C=O) groups is 3. The van der Waals surface area contributed by atoms with Crippen LogP contribution in [0.5, 0.6) is 0 Å². The number of carboxylic acids is 2. The van der Waals surface area contributed by atoms with Gasteiger partial charge >= 0.3 is 24.3 Å². The Morgan fingerprint density at radius 2 is 1.55 bits per heavy atom. The third-order valence-electron chi connectivity index (χ3n) is 6.22. The zero-order chi connectivity index (χ0) is 31.5. The number of carboxylic acid groups (broad SMARTS) is 2. The Bertz CT molecular complexity index is 1290. The Labute approximate surface area is 236 Å². The van der Waals surface area contributed by atoms with Crippen LogP contribution in [0, 0.1) is 0 Å². The first-order valence-corrected chi connectivity index (χ1v) is 12.7. The number of hydrogen-bond acceptors (Lipinski definition) is 5. The van der Waals surface area contributed by atoms with E-state index in [1.54, 1.807) is 6.33 Å². The van der Waals surface area contributed by atoms with Gasteiger partial charge < -0.3 is 20.1 Å². The second kappa shape index (κ2) is 15.2. The number of aromatic nitrogens is 2. The van der Waals surface area contributed by atoms with Crippen molar-refractivity contribution in [2.24, 2.45) is 0 Å². The van der Waals surface area contributed by atoms with Crippen molar-refractivity contribution in [1.82, 2.24) is 19.8 Å². The summed E-state index contributed by atoms with van der Waals surface area (Å²) < 4.78 is 63.5. The van der Waals surface area contributed by atoms with Gasteiger partial charge in [-0.15, -0.1) is 0 Å². The molecule has 2 aromatic carbocycles. The smallest absolute Gasteiger partial charge is 0.475 e. The molecule has 3 aromatic rings. The van der Waals surface area contributed by atoms with E-state index >= 15 is 0 Å². The fourth-order valence-corrected chi connectivity index (χ4v) is 4.17. The number of alkyl halides is 6. The predicted molar refractivity (Wildman–Crippen MR) is 140 cm³/mol. The summed E-state index contributed by atoms with van der Waals surface area (Å²) in [5, 5.41) is 16.4. The van der Waals surface area contributed by atoms with E-state index < -0.39 is 24.3 Å². The standard InChI is InChI=1S/C23H28N4O.2C2HF3O2/c1-2-3-9-20-16-27(13-12-26(20)15-19-14-24-17-25-19)23(28)22-11-6-8-18-7-4-5-10-21(18)22;2*3-2(4,5)1(6)7/h4-8,10-11,14,17,20H,2-3,9,12-13,15-16H2,1H3,(H,24,25);2*(H,6,7)/t20-;;/m0../s1. The van der Waals surface area contributed by atoms with E-state index in [1.165, 1.54) is 12.8 Å². The lowest BCUT2D eigenvalue weighted by Crippen LogP contribution is -2.54. The van der Waals surface area contributed by atoms with Crippen molar-refractivity contribution < 1.29 is 50.9 Å². The molecule has 0 radical (unpaired) electrons. The van der Waals surface area contributed by atoms with Gasteiger partial charge in [0.15, 0.2) is 0 Å². The number of hydrogen-bond donors (Lipinski definition) is 3. The molecule has 1 fully saturated rings. The molecular weight excluding hydrogens is 574 g/mol. The number of imidazole rings is 1. The van der Waals surface area contributed by atoms with E-state index in [1.807, 2.05) is 41.4 Å². The molecule has 0 bridgehead atoms. The highest BCUT2D eigenvalue weighted by Crippen LogP contribution is 2.23. The molecule has 4 rings (SSSR count). The quantitative estimate of drug-likeness (QED) is 0.324. The van der Waals surface area contributed by atoms with Gasteiger partial charge in [0.25, 0.3) is 5.91 Å². The van der Waals surface area contributed by atoms with Gasteiger partial charge in [-0.25, -0.2) is 14.6 Å². The summed E-state index contributed by atoms with van der Waals surface area (Å²) in [6, 6.07) is 14.5. The van der Waals surface area contributed by atoms with Crippen molar-refractivity contribution >= 4 is 28.6 Å². The highest BCUT2D eigenvalue weighted by molar-refractivity contribution is 6.07. The zero-order valence-corrected chi connectivity index (χ0v) is 22.5. The first kappa shape index (κ1) is 34.1. The van der Waals surface area contributed by atoms with Crippen molar-refractivity contribution in [2.45, 2.75) is 51.1 Å². The van der Waals surface area contributed by atoms with Gasteiger partial charge in [-0.3, -0.25) is 9.69 Å². The Morgan fingerprint density at radius 1 is 0.952 bits per heavy atom. The number of carbonyl (C=O) groups excluding carboxylic acids is 1. The van der Waals surface area contributed by atoms with E-state index in [2.05, 4.69) is 33.9 Å². The lowest BCUT2D eigenvalue weighted by molar-refractivity contribution is -0.193. The number of unbranched alkanes of at least 4 members (excludes halogenated alkanes) is 1. The molecule has 1 aliphatic rings. The number of amides is 1. The second-order valence-corrected chi connectivity index (χ2v) is 9.23. The van der Waals surface area contributed by atoms with Crippen molar-refractivity contribution in [2.75, 3.05) is 19.6 Å². The van der Waals surface area contributed by atoms with Gasteiger partial charge in [0.05, 0.1) is 6.33 Å². The molecule has 0 saturated carbocycles. The number of aliphatic carboxylic acids is 2. The maximum Gasteiger partial charge on any atom is 0.490 e. The SMILES string of the molecule is CCCC[C@H]1CN(C(=O)c2cccc3ccccc23)CCN1Cc1cnc[nH]1.O=C(O)C(F)(F)F.O=C(O)C(F)(F)F. The topological polar surface area (TPSA) is 127 Å². The molecule has 0 aliphatic carbocycles. The molecule has 1 aliphatic heterocycles. The molecule has 42 heavy (non-hydrogen) atoms. The number of nitrogens with zero attached hydrogens (tertiary/aromatic N) is 3. The molecule has 1 aromatic heterocycles. The fourth-order valence-electron chi connectivity index (χ4n) is 4.17. The number of aromatic amines is 1. The number of benzene rings is 2. The lowest BCUT2D eigenvalue weighted by Gasteiger charge is -2.41. The fraction of sp³-hybridized carbons (Fsp3) is 0.407. The van der Waals surface area contributed by atoms with Crippen molar-refractivity contribution in [3.05, 3.63) is 66.2 Å². The molecule has 230 valence electrons. The molecule has 1 atom stereocenters. The second-order valence-electron chi connectivity index (χ2n) is 9.23. The van der Waals surface area contributed by atoms with Crippen LogP contribution in [-0.2, 0) is 16.1 Å². The molecule has 9 nitrogen and oxygen atoms in total. The third-order valence-corrected chi connectivity index (χ3v) is 6.22. The van der Waals surface area contributed by atoms with Gasteiger partial charge in [0.2, 0.25) is 0 Å². The van der Waals surface area contributed by atoms with Crippen LogP contribution in [0.2, 0.25) is 0 Å². The van der Waals surface area contributed by atoms with Crippen LogP contribution in [0.1, 0.15) is 42.2 Å². The van der Waals surface area contributed by atoms with Crippen LogP contribution < -0.4 is 0 Å². The molecule has 0 spiro atoms. The van der Waals surface area contributed by atoms with Gasteiger partial charge in [-0.2, -0.15) is 26.3 Å². The minimum atomic E-state index is -5.08. The first-order chi connectivity index (χ1) is 19.6. The lowest BCUT2D eigenvalue weighted by atomic mass is 10.0. The van der Waals surface area contributed by atoms with E-state index in [9.17, 15) is 31.1 Å². The molecule has 1 saturated heterocycles. The van der Waals surface area contributed by atoms with E-state index in [0.717, 1.165) is 54.6 Å². The summed E-state index contributed by atoms with van der Waals surface area (Å²) in [6.45, 7) is 5.53. The third kappa shape index (κ3) is 10.4. The molecule has 15 heteroatoms. The van der Waals surface area contributed by atoms with Crippen molar-refractivity contribution in [3.63, 3.8) is 0 Å². The van der Waals surface area contributed by atoms with Gasteiger partial charge in [0, 0.05) is 49.7 Å². The first-order valence-electron chi connectivity index (χ1n) is 12.7. The van der Waals surface area contributed by atoms with Gasteiger partial charge in [-0.05, 0) is 23.3 Å². The van der Waals surface area contributed by atoms with Crippen LogP contribution >= 0.6 is 0 Å². The van der Waals surface area contributed by atoms with Crippen LogP contribution in [0.4, 0.5) is 26.3 Å². The molecule has 3 N–H and O–H groups in total. The number of nitrogens with one attached hydrogen (secondary N) is 1. The summed E-state index contributed by atoms with van der Waals surface area (Å²) in [6.07, 6.45) is -3.07. The molecular formula is C27H30F6N4O5. The monoisotopic (exact) mass is 604 g/mol. The van der Waals surface area contributed by atoms with Crippen LogP contribution in [0.3, 0.4) is 0 Å². The normalized spacial score (nSPS) is 15.7. The molecule has 2 heterocycles. The zero-order valence-electron chi connectivity index (χ0n) is 22.5. The summed E-state index contributed by atoms with van der Waals surface area (Å²) >= 11 is 0. The van der Waals surface area contributed by atoms with Crippen LogP contribution in [-0.4, -0.2) is 85.9 Å². The highest BCUT2D eigenvalue weighted by atomic mass is 19.4. The molecule has 0 unspecified atom stereocenters. The number of piperazine rings is 1.